The average Bonchev–Trinajstić information content (AvgIpc) is 2.60. The Balaban J connectivity index is 2.39. The number of esters is 1. The predicted octanol–water partition coefficient (Wildman–Crippen LogP) is 3.81. The van der Waals surface area contributed by atoms with E-state index in [0.717, 1.165) is 23.1 Å². The Labute approximate surface area is 133 Å². The molecule has 0 aliphatic rings. The molecule has 3 aromatic rings. The summed E-state index contributed by atoms with van der Waals surface area (Å²) in [5, 5.41) is 0.624. The number of nitrogens with zero attached hydrogens (tertiary/aromatic N) is 1. The zero-order chi connectivity index (χ0) is 16.4. The first-order chi connectivity index (χ1) is 11.2. The van der Waals surface area contributed by atoms with Gasteiger partial charge < -0.3 is 4.74 Å². The summed E-state index contributed by atoms with van der Waals surface area (Å²) in [7, 11) is 1.35. The minimum Gasteiger partial charge on any atom is -0.465 e. The molecule has 0 aliphatic heterocycles. The molecule has 0 saturated carbocycles. The van der Waals surface area contributed by atoms with Crippen LogP contribution in [-0.4, -0.2) is 24.3 Å². The number of ether oxygens (including phenoxy) is 1. The highest BCUT2D eigenvalue weighted by Crippen LogP contribution is 2.30. The minimum atomic E-state index is -0.435. The second-order valence-corrected chi connectivity index (χ2v) is 5.21. The lowest BCUT2D eigenvalue weighted by Gasteiger charge is -2.13. The van der Waals surface area contributed by atoms with Gasteiger partial charge in [-0.15, -0.1) is 0 Å². The van der Waals surface area contributed by atoms with Gasteiger partial charge in [0.25, 0.3) is 0 Å². The molecule has 0 N–H and O–H groups in total. The fourth-order valence-corrected chi connectivity index (χ4v) is 2.69. The monoisotopic (exact) mass is 305 g/mol. The smallest absolute Gasteiger partial charge is 0.338 e. The summed E-state index contributed by atoms with van der Waals surface area (Å²) in [4.78, 5) is 28.0. The third-order valence-electron chi connectivity index (χ3n) is 3.83. The lowest BCUT2D eigenvalue weighted by molar-refractivity contribution is 0.0602. The number of pyridine rings is 1. The predicted molar refractivity (Wildman–Crippen MR) is 88.6 cm³/mol. The minimum absolute atomic E-state index is 0.435. The van der Waals surface area contributed by atoms with E-state index in [4.69, 9.17) is 4.74 Å². The molecule has 0 fully saturated rings. The van der Waals surface area contributed by atoms with Gasteiger partial charge in [-0.3, -0.25) is 4.79 Å². The lowest BCUT2D eigenvalue weighted by atomic mass is 9.97. The molecule has 0 amide bonds. The molecule has 0 radical (unpaired) electrons. The van der Waals surface area contributed by atoms with Crippen LogP contribution in [0.2, 0.25) is 0 Å². The van der Waals surface area contributed by atoms with Gasteiger partial charge in [-0.1, -0.05) is 30.3 Å². The molecular formula is C19H15NO3. The van der Waals surface area contributed by atoms with E-state index in [2.05, 4.69) is 4.98 Å². The first kappa shape index (κ1) is 14.9. The van der Waals surface area contributed by atoms with Crippen LogP contribution in [-0.2, 0) is 4.74 Å². The largest absolute Gasteiger partial charge is 0.465 e. The lowest BCUT2D eigenvalue weighted by Crippen LogP contribution is -2.08. The average molecular weight is 305 g/mol. The number of hydrogen-bond donors (Lipinski definition) is 0. The van der Waals surface area contributed by atoms with Gasteiger partial charge in [0.2, 0.25) is 0 Å². The standard InChI is InChI=1S/C19H15NO3/c1-12-17(19(22)23-2)15-10-13(11-21)8-9-16(15)20-18(12)14-6-4-3-5-7-14/h3-11H,1-2H3. The quantitative estimate of drug-likeness (QED) is 0.545. The van der Waals surface area contributed by atoms with Gasteiger partial charge in [0.15, 0.2) is 0 Å². The van der Waals surface area contributed by atoms with Crippen molar-refractivity contribution in [1.82, 2.24) is 4.98 Å². The number of aromatic nitrogens is 1. The summed E-state index contributed by atoms with van der Waals surface area (Å²) in [6.45, 7) is 1.84. The highest BCUT2D eigenvalue weighted by molar-refractivity contribution is 6.07. The van der Waals surface area contributed by atoms with Crippen LogP contribution in [0.5, 0.6) is 0 Å². The third kappa shape index (κ3) is 2.59. The summed E-state index contributed by atoms with van der Waals surface area (Å²) in [6.07, 6.45) is 0.751. The Morgan fingerprint density at radius 3 is 2.52 bits per heavy atom. The SMILES string of the molecule is COC(=O)c1c(C)c(-c2ccccc2)nc2ccc(C=O)cc12. The number of aldehydes is 1. The summed E-state index contributed by atoms with van der Waals surface area (Å²) >= 11 is 0. The Hall–Kier alpha value is -3.01. The topological polar surface area (TPSA) is 56.3 Å². The Morgan fingerprint density at radius 1 is 1.13 bits per heavy atom. The number of benzene rings is 2. The molecule has 4 heteroatoms. The van der Waals surface area contributed by atoms with Crippen molar-refractivity contribution in [3.05, 3.63) is 65.2 Å². The fraction of sp³-hybridized carbons (Fsp3) is 0.105. The maximum Gasteiger partial charge on any atom is 0.338 e. The zero-order valence-corrected chi connectivity index (χ0v) is 12.9. The van der Waals surface area contributed by atoms with E-state index in [1.165, 1.54) is 7.11 Å². The Kier molecular flexibility index (Phi) is 3.89. The molecule has 0 atom stereocenters. The van der Waals surface area contributed by atoms with Crippen molar-refractivity contribution in [3.63, 3.8) is 0 Å². The highest BCUT2D eigenvalue weighted by Gasteiger charge is 2.19. The molecule has 23 heavy (non-hydrogen) atoms. The van der Waals surface area contributed by atoms with E-state index in [1.807, 2.05) is 37.3 Å². The van der Waals surface area contributed by atoms with Crippen molar-refractivity contribution >= 4 is 23.2 Å². The molecule has 0 aliphatic carbocycles. The second-order valence-electron chi connectivity index (χ2n) is 5.21. The van der Waals surface area contributed by atoms with E-state index >= 15 is 0 Å². The molecule has 1 heterocycles. The molecule has 0 spiro atoms. The molecule has 1 aromatic heterocycles. The number of hydrogen-bond acceptors (Lipinski definition) is 4. The van der Waals surface area contributed by atoms with Crippen molar-refractivity contribution in [3.8, 4) is 11.3 Å². The van der Waals surface area contributed by atoms with Crippen LogP contribution in [0.1, 0.15) is 26.3 Å². The van der Waals surface area contributed by atoms with E-state index in [-0.39, 0.29) is 0 Å². The van der Waals surface area contributed by atoms with Crippen molar-refractivity contribution in [2.45, 2.75) is 6.92 Å². The fourth-order valence-electron chi connectivity index (χ4n) is 2.69. The van der Waals surface area contributed by atoms with Crippen LogP contribution in [0.15, 0.2) is 48.5 Å². The molecule has 3 rings (SSSR count). The second kappa shape index (κ2) is 6.01. The van der Waals surface area contributed by atoms with Crippen LogP contribution >= 0.6 is 0 Å². The van der Waals surface area contributed by atoms with Crippen LogP contribution in [0.25, 0.3) is 22.2 Å². The summed E-state index contributed by atoms with van der Waals surface area (Å²) in [5.74, 6) is -0.435. The summed E-state index contributed by atoms with van der Waals surface area (Å²) in [5.41, 5.74) is 3.99. The molecular weight excluding hydrogens is 290 g/mol. The van der Waals surface area contributed by atoms with Gasteiger partial charge in [0.05, 0.1) is 23.9 Å². The highest BCUT2D eigenvalue weighted by atomic mass is 16.5. The zero-order valence-electron chi connectivity index (χ0n) is 12.9. The maximum atomic E-state index is 12.3. The van der Waals surface area contributed by atoms with Crippen molar-refractivity contribution in [2.24, 2.45) is 0 Å². The number of methoxy groups -OCH3 is 1. The van der Waals surface area contributed by atoms with Crippen molar-refractivity contribution in [1.29, 1.82) is 0 Å². The molecule has 4 nitrogen and oxygen atoms in total. The van der Waals surface area contributed by atoms with Gasteiger partial charge in [-0.05, 0) is 30.7 Å². The van der Waals surface area contributed by atoms with Gasteiger partial charge in [-0.2, -0.15) is 0 Å². The van der Waals surface area contributed by atoms with E-state index in [0.29, 0.717) is 22.0 Å². The van der Waals surface area contributed by atoms with Crippen LogP contribution in [0.3, 0.4) is 0 Å². The van der Waals surface area contributed by atoms with Gasteiger partial charge in [0.1, 0.15) is 6.29 Å². The molecule has 2 aromatic carbocycles. The Bertz CT molecular complexity index is 901. The van der Waals surface area contributed by atoms with Gasteiger partial charge >= 0.3 is 5.97 Å². The van der Waals surface area contributed by atoms with E-state index < -0.39 is 5.97 Å². The van der Waals surface area contributed by atoms with Crippen LogP contribution < -0.4 is 0 Å². The number of rotatable bonds is 3. The normalized spacial score (nSPS) is 10.5. The number of carbonyl (C=O) groups excluding carboxylic acids is 2. The van der Waals surface area contributed by atoms with Gasteiger partial charge in [0, 0.05) is 16.5 Å². The van der Waals surface area contributed by atoms with Crippen molar-refractivity contribution in [2.75, 3.05) is 7.11 Å². The molecule has 0 bridgehead atoms. The third-order valence-corrected chi connectivity index (χ3v) is 3.83. The molecule has 0 saturated heterocycles. The van der Waals surface area contributed by atoms with Crippen LogP contribution in [0, 0.1) is 6.92 Å². The summed E-state index contributed by atoms with van der Waals surface area (Å²) < 4.78 is 4.93. The molecule has 114 valence electrons. The number of fused-ring (bicyclic) bond motifs is 1. The van der Waals surface area contributed by atoms with Gasteiger partial charge in [-0.25, -0.2) is 9.78 Å². The maximum absolute atomic E-state index is 12.3. The Morgan fingerprint density at radius 2 is 1.87 bits per heavy atom. The number of carbonyl (C=O) groups is 2. The molecule has 0 unspecified atom stereocenters. The van der Waals surface area contributed by atoms with E-state index in [9.17, 15) is 9.59 Å². The van der Waals surface area contributed by atoms with Crippen LogP contribution in [0.4, 0.5) is 0 Å². The van der Waals surface area contributed by atoms with Crippen molar-refractivity contribution < 1.29 is 14.3 Å². The van der Waals surface area contributed by atoms with E-state index in [1.54, 1.807) is 18.2 Å². The first-order valence-corrected chi connectivity index (χ1v) is 7.19. The first-order valence-electron chi connectivity index (χ1n) is 7.19. The summed E-state index contributed by atoms with van der Waals surface area (Å²) in [6, 6.07) is 14.8.